The molecule has 0 radical (unpaired) electrons. The molecule has 0 aliphatic carbocycles. The molecule has 1 amide bonds. The van der Waals surface area contributed by atoms with Crippen LogP contribution in [0.5, 0.6) is 5.75 Å². The van der Waals surface area contributed by atoms with Crippen LogP contribution in [0.3, 0.4) is 0 Å². The number of carbonyl (C=O) groups is 1. The normalized spacial score (nSPS) is 12.4. The van der Waals surface area contributed by atoms with Crippen LogP contribution in [-0.2, 0) is 0 Å². The Balaban J connectivity index is 2.23. The minimum absolute atomic E-state index is 0.127. The van der Waals surface area contributed by atoms with E-state index in [9.17, 15) is 4.79 Å². The summed E-state index contributed by atoms with van der Waals surface area (Å²) >= 11 is 0. The third-order valence-corrected chi connectivity index (χ3v) is 3.53. The second kappa shape index (κ2) is 6.63. The number of carbonyl (C=O) groups excluding carboxylic acids is 1. The monoisotopic (exact) mass is 291 g/mol. The third-order valence-electron chi connectivity index (χ3n) is 3.53. The highest BCUT2D eigenvalue weighted by molar-refractivity contribution is 6.07. The molecule has 2 N–H and O–H groups in total. The number of aliphatic hydroxyl groups excluding tert-OH is 1. The number of methoxy groups -OCH3 is 1. The molecule has 114 valence electrons. The summed E-state index contributed by atoms with van der Waals surface area (Å²) in [7, 11) is 1.59. The highest BCUT2D eigenvalue weighted by Gasteiger charge is 2.19. The molecule has 0 aliphatic heterocycles. The zero-order chi connectivity index (χ0) is 15.4. The Morgan fingerprint density at radius 3 is 2.90 bits per heavy atom. The quantitative estimate of drug-likeness (QED) is 0.857. The smallest absolute Gasteiger partial charge is 0.255 e. The molecule has 5 heteroatoms. The van der Waals surface area contributed by atoms with E-state index in [1.807, 2.05) is 6.92 Å². The van der Waals surface area contributed by atoms with Crippen LogP contribution in [0.15, 0.2) is 22.6 Å². The summed E-state index contributed by atoms with van der Waals surface area (Å²) in [4.78, 5) is 12.4. The number of benzene rings is 1. The molecule has 1 aromatic heterocycles. The van der Waals surface area contributed by atoms with E-state index >= 15 is 0 Å². The van der Waals surface area contributed by atoms with Gasteiger partial charge in [0, 0.05) is 18.5 Å². The van der Waals surface area contributed by atoms with Crippen molar-refractivity contribution >= 4 is 16.9 Å². The van der Waals surface area contributed by atoms with Crippen LogP contribution in [0.25, 0.3) is 11.0 Å². The molecule has 1 aromatic carbocycles. The SMILES string of the molecule is COc1ccc2oc(C)c(C(=O)NCC(C)CCO)c2c1. The molecule has 0 spiro atoms. The number of nitrogens with one attached hydrogen (secondary N) is 1. The minimum atomic E-state index is -0.163. The molecule has 5 nitrogen and oxygen atoms in total. The Kier molecular flexibility index (Phi) is 4.85. The van der Waals surface area contributed by atoms with Crippen LogP contribution in [0.1, 0.15) is 29.5 Å². The Hall–Kier alpha value is -2.01. The fourth-order valence-electron chi connectivity index (χ4n) is 2.29. The number of furan rings is 1. The van der Waals surface area contributed by atoms with Crippen molar-refractivity contribution in [1.29, 1.82) is 0 Å². The predicted molar refractivity (Wildman–Crippen MR) is 80.7 cm³/mol. The number of aryl methyl sites for hydroxylation is 1. The maximum absolute atomic E-state index is 12.4. The van der Waals surface area contributed by atoms with Crippen LogP contribution in [-0.4, -0.2) is 31.3 Å². The zero-order valence-corrected chi connectivity index (χ0v) is 12.6. The van der Waals surface area contributed by atoms with Gasteiger partial charge in [-0.2, -0.15) is 0 Å². The van der Waals surface area contributed by atoms with Crippen molar-refractivity contribution in [2.24, 2.45) is 5.92 Å². The second-order valence-electron chi connectivity index (χ2n) is 5.22. The Morgan fingerprint density at radius 1 is 1.48 bits per heavy atom. The van der Waals surface area contributed by atoms with Crippen molar-refractivity contribution in [1.82, 2.24) is 5.32 Å². The van der Waals surface area contributed by atoms with Gasteiger partial charge in [-0.3, -0.25) is 4.79 Å². The molecule has 0 saturated heterocycles. The van der Waals surface area contributed by atoms with Crippen LogP contribution >= 0.6 is 0 Å². The number of hydrogen-bond acceptors (Lipinski definition) is 4. The van der Waals surface area contributed by atoms with Crippen molar-refractivity contribution in [3.8, 4) is 5.75 Å². The van der Waals surface area contributed by atoms with Gasteiger partial charge in [0.1, 0.15) is 17.1 Å². The van der Waals surface area contributed by atoms with Crippen LogP contribution in [0, 0.1) is 12.8 Å². The van der Waals surface area contributed by atoms with E-state index in [1.54, 1.807) is 32.2 Å². The van der Waals surface area contributed by atoms with E-state index < -0.39 is 0 Å². The van der Waals surface area contributed by atoms with Gasteiger partial charge in [0.15, 0.2) is 0 Å². The molecule has 21 heavy (non-hydrogen) atoms. The highest BCUT2D eigenvalue weighted by Crippen LogP contribution is 2.28. The standard InChI is InChI=1S/C16H21NO4/c1-10(6-7-18)9-17-16(19)15-11(2)21-14-5-4-12(20-3)8-13(14)15/h4-5,8,10,18H,6-7,9H2,1-3H3,(H,17,19). The molecular formula is C16H21NO4. The average Bonchev–Trinajstić information content (AvgIpc) is 2.80. The zero-order valence-electron chi connectivity index (χ0n) is 12.6. The number of hydrogen-bond donors (Lipinski definition) is 2. The van der Waals surface area contributed by atoms with Crippen molar-refractivity contribution in [3.05, 3.63) is 29.5 Å². The minimum Gasteiger partial charge on any atom is -0.497 e. The first-order valence-electron chi connectivity index (χ1n) is 7.03. The Morgan fingerprint density at radius 2 is 2.24 bits per heavy atom. The lowest BCUT2D eigenvalue weighted by Gasteiger charge is -2.11. The average molecular weight is 291 g/mol. The lowest BCUT2D eigenvalue weighted by molar-refractivity contribution is 0.0945. The van der Waals surface area contributed by atoms with Crippen LogP contribution in [0.2, 0.25) is 0 Å². The highest BCUT2D eigenvalue weighted by atomic mass is 16.5. The molecule has 0 saturated carbocycles. The van der Waals surface area contributed by atoms with Crippen molar-refractivity contribution < 1.29 is 19.1 Å². The fraction of sp³-hybridized carbons (Fsp3) is 0.438. The van der Waals surface area contributed by atoms with Gasteiger partial charge in [-0.05, 0) is 37.5 Å². The summed E-state index contributed by atoms with van der Waals surface area (Å²) in [5.41, 5.74) is 1.21. The molecule has 0 fully saturated rings. The lowest BCUT2D eigenvalue weighted by Crippen LogP contribution is -2.28. The van der Waals surface area contributed by atoms with Gasteiger partial charge < -0.3 is 19.6 Å². The third kappa shape index (κ3) is 3.36. The van der Waals surface area contributed by atoms with Gasteiger partial charge in [0.2, 0.25) is 0 Å². The maximum Gasteiger partial charge on any atom is 0.255 e. The van der Waals surface area contributed by atoms with E-state index in [-0.39, 0.29) is 18.4 Å². The van der Waals surface area contributed by atoms with Crippen molar-refractivity contribution in [3.63, 3.8) is 0 Å². The van der Waals surface area contributed by atoms with Gasteiger partial charge in [-0.25, -0.2) is 0 Å². The topological polar surface area (TPSA) is 71.7 Å². The molecule has 2 aromatic rings. The number of fused-ring (bicyclic) bond motifs is 1. The molecule has 1 heterocycles. The first-order valence-corrected chi connectivity index (χ1v) is 7.03. The van der Waals surface area contributed by atoms with Crippen LogP contribution in [0.4, 0.5) is 0 Å². The summed E-state index contributed by atoms with van der Waals surface area (Å²) in [5.74, 6) is 1.34. The summed E-state index contributed by atoms with van der Waals surface area (Å²) < 4.78 is 10.8. The second-order valence-corrected chi connectivity index (χ2v) is 5.22. The van der Waals surface area contributed by atoms with E-state index in [1.165, 1.54) is 0 Å². The van der Waals surface area contributed by atoms with Crippen LogP contribution < -0.4 is 10.1 Å². The van der Waals surface area contributed by atoms with Gasteiger partial charge in [-0.1, -0.05) is 6.92 Å². The largest absolute Gasteiger partial charge is 0.497 e. The van der Waals surface area contributed by atoms with E-state index in [2.05, 4.69) is 5.32 Å². The van der Waals surface area contributed by atoms with Gasteiger partial charge in [0.05, 0.1) is 12.7 Å². The number of rotatable bonds is 6. The molecule has 2 rings (SSSR count). The number of aliphatic hydroxyl groups is 1. The van der Waals surface area contributed by atoms with E-state index in [4.69, 9.17) is 14.3 Å². The molecule has 0 aliphatic rings. The van der Waals surface area contributed by atoms with Gasteiger partial charge >= 0.3 is 0 Å². The van der Waals surface area contributed by atoms with Gasteiger partial charge in [0.25, 0.3) is 5.91 Å². The van der Waals surface area contributed by atoms with Crippen molar-refractivity contribution in [2.45, 2.75) is 20.3 Å². The summed E-state index contributed by atoms with van der Waals surface area (Å²) in [5, 5.41) is 12.5. The molecular weight excluding hydrogens is 270 g/mol. The Labute approximate surface area is 123 Å². The summed E-state index contributed by atoms with van der Waals surface area (Å²) in [6.45, 7) is 4.41. The predicted octanol–water partition coefficient (Wildman–Crippen LogP) is 2.50. The van der Waals surface area contributed by atoms with Crippen molar-refractivity contribution in [2.75, 3.05) is 20.3 Å². The lowest BCUT2D eigenvalue weighted by atomic mass is 10.1. The summed E-state index contributed by atoms with van der Waals surface area (Å²) in [6, 6.07) is 5.40. The maximum atomic E-state index is 12.4. The van der Waals surface area contributed by atoms with Gasteiger partial charge in [-0.15, -0.1) is 0 Å². The first-order chi connectivity index (χ1) is 10.1. The molecule has 0 bridgehead atoms. The van der Waals surface area contributed by atoms with E-state index in [0.717, 1.165) is 5.39 Å². The molecule has 1 atom stereocenters. The fourth-order valence-corrected chi connectivity index (χ4v) is 2.29. The number of ether oxygens (including phenoxy) is 1. The Bertz CT molecular complexity index is 632. The first kappa shape index (κ1) is 15.4. The number of amides is 1. The van der Waals surface area contributed by atoms with E-state index in [0.29, 0.717) is 35.6 Å². The molecule has 1 unspecified atom stereocenters. The summed E-state index contributed by atoms with van der Waals surface area (Å²) in [6.07, 6.45) is 0.666.